The molecule has 0 radical (unpaired) electrons. The summed E-state index contributed by atoms with van der Waals surface area (Å²) < 4.78 is 1.02. The van der Waals surface area contributed by atoms with Gasteiger partial charge in [-0.3, -0.25) is 9.97 Å². The number of unbranched alkanes of at least 4 members (excludes halogenated alkanes) is 1. The van der Waals surface area contributed by atoms with Gasteiger partial charge in [-0.2, -0.15) is 11.8 Å². The number of nitrogens with zero attached hydrogens (tertiary/aromatic N) is 1. The highest BCUT2D eigenvalue weighted by Gasteiger charge is 2.01. The van der Waals surface area contributed by atoms with E-state index in [2.05, 4.69) is 6.92 Å². The van der Waals surface area contributed by atoms with Crippen LogP contribution in [0.5, 0.6) is 0 Å². The Morgan fingerprint density at radius 2 is 1.65 bits per heavy atom. The fraction of sp³-hybridized carbons (Fsp3) is 0.700. The van der Waals surface area contributed by atoms with Gasteiger partial charge in [-0.1, -0.05) is 13.3 Å². The second-order valence-corrected chi connectivity index (χ2v) is 4.89. The van der Waals surface area contributed by atoms with Gasteiger partial charge in [-0.05, 0) is 24.3 Å². The highest BCUT2D eigenvalue weighted by molar-refractivity contribution is 7.99. The van der Waals surface area contributed by atoms with E-state index in [1.165, 1.54) is 12.8 Å². The van der Waals surface area contributed by atoms with E-state index in [-0.39, 0.29) is 0 Å². The second kappa shape index (κ2) is 7.16. The van der Waals surface area contributed by atoms with Crippen LogP contribution in [-0.2, 0) is 6.54 Å². The number of H-pyrrole nitrogens is 2. The minimum atomic E-state index is -0.756. The topological polar surface area (TPSA) is 87.7 Å². The molecule has 0 saturated carbocycles. The quantitative estimate of drug-likeness (QED) is 0.682. The summed E-state index contributed by atoms with van der Waals surface area (Å²) in [5.41, 5.74) is -2.04. The third kappa shape index (κ3) is 4.64. The number of aromatic amines is 2. The van der Waals surface area contributed by atoms with Crippen LogP contribution < -0.4 is 17.1 Å². The lowest BCUT2D eigenvalue weighted by atomic mass is 10.4. The summed E-state index contributed by atoms with van der Waals surface area (Å²) >= 11 is 1.81. The van der Waals surface area contributed by atoms with Crippen LogP contribution in [0.1, 0.15) is 26.2 Å². The average molecular weight is 259 g/mol. The van der Waals surface area contributed by atoms with Gasteiger partial charge in [0.2, 0.25) is 0 Å². The van der Waals surface area contributed by atoms with Gasteiger partial charge in [-0.25, -0.2) is 19.0 Å². The molecule has 0 saturated heterocycles. The molecule has 17 heavy (non-hydrogen) atoms. The molecule has 0 spiro atoms. The first-order chi connectivity index (χ1) is 8.15. The third-order valence-electron chi connectivity index (χ3n) is 2.24. The molecule has 0 aromatic carbocycles. The van der Waals surface area contributed by atoms with E-state index in [4.69, 9.17) is 0 Å². The van der Waals surface area contributed by atoms with E-state index in [1.54, 1.807) is 0 Å². The van der Waals surface area contributed by atoms with Crippen molar-refractivity contribution in [2.45, 2.75) is 32.7 Å². The number of rotatable bonds is 7. The zero-order chi connectivity index (χ0) is 12.7. The molecule has 1 heterocycles. The molecule has 1 aromatic heterocycles. The van der Waals surface area contributed by atoms with Gasteiger partial charge >= 0.3 is 17.1 Å². The van der Waals surface area contributed by atoms with Crippen LogP contribution in [-0.4, -0.2) is 26.0 Å². The van der Waals surface area contributed by atoms with Crippen LogP contribution in [0.2, 0.25) is 0 Å². The lowest BCUT2D eigenvalue weighted by Crippen LogP contribution is -2.43. The zero-order valence-corrected chi connectivity index (χ0v) is 10.6. The summed E-state index contributed by atoms with van der Waals surface area (Å²) in [4.78, 5) is 37.5. The zero-order valence-electron chi connectivity index (χ0n) is 9.82. The van der Waals surface area contributed by atoms with Crippen molar-refractivity contribution in [1.82, 2.24) is 14.5 Å². The van der Waals surface area contributed by atoms with Crippen molar-refractivity contribution in [3.8, 4) is 0 Å². The molecule has 2 N–H and O–H groups in total. The predicted octanol–water partition coefficient (Wildman–Crippen LogP) is 0.148. The monoisotopic (exact) mass is 259 g/mol. The summed E-state index contributed by atoms with van der Waals surface area (Å²) in [7, 11) is 0. The van der Waals surface area contributed by atoms with Gasteiger partial charge in [0.15, 0.2) is 0 Å². The lowest BCUT2D eigenvalue weighted by molar-refractivity contribution is 0.589. The Balaban J connectivity index is 2.45. The number of thioether (sulfide) groups is 1. The van der Waals surface area contributed by atoms with E-state index in [9.17, 15) is 14.4 Å². The van der Waals surface area contributed by atoms with Crippen molar-refractivity contribution in [2.75, 3.05) is 11.5 Å². The van der Waals surface area contributed by atoms with Gasteiger partial charge in [0, 0.05) is 6.54 Å². The molecule has 6 nitrogen and oxygen atoms in total. The first kappa shape index (κ1) is 13.8. The smallest absolute Gasteiger partial charge is 0.259 e. The second-order valence-electron chi connectivity index (χ2n) is 3.66. The van der Waals surface area contributed by atoms with Crippen molar-refractivity contribution in [3.05, 3.63) is 31.5 Å². The number of aromatic nitrogens is 3. The fourth-order valence-electron chi connectivity index (χ4n) is 1.33. The SMILES string of the molecule is CCCCSCCCn1c(=O)[nH]c(=O)[nH]c1=O. The van der Waals surface area contributed by atoms with Crippen molar-refractivity contribution >= 4 is 11.8 Å². The van der Waals surface area contributed by atoms with Crippen LogP contribution in [0.25, 0.3) is 0 Å². The summed E-state index contributed by atoms with van der Waals surface area (Å²) in [6.07, 6.45) is 3.10. The van der Waals surface area contributed by atoms with E-state index < -0.39 is 17.1 Å². The Labute approximate surface area is 102 Å². The molecule has 0 unspecified atom stereocenters. The summed E-state index contributed by atoms with van der Waals surface area (Å²) in [5.74, 6) is 2.01. The van der Waals surface area contributed by atoms with Crippen LogP contribution in [0.15, 0.2) is 14.4 Å². The van der Waals surface area contributed by atoms with Gasteiger partial charge < -0.3 is 0 Å². The molecule has 96 valence electrons. The van der Waals surface area contributed by atoms with E-state index in [0.29, 0.717) is 6.54 Å². The Bertz CT molecular complexity index is 468. The summed E-state index contributed by atoms with van der Waals surface area (Å²) in [6, 6.07) is 0. The molecule has 0 atom stereocenters. The predicted molar refractivity (Wildman–Crippen MR) is 68.8 cm³/mol. The third-order valence-corrected chi connectivity index (χ3v) is 3.40. The number of hydrogen-bond acceptors (Lipinski definition) is 4. The molecule has 1 rings (SSSR count). The molecular weight excluding hydrogens is 242 g/mol. The maximum Gasteiger partial charge on any atom is 0.333 e. The minimum absolute atomic E-state index is 0.337. The van der Waals surface area contributed by atoms with Gasteiger partial charge in [-0.15, -0.1) is 0 Å². The van der Waals surface area contributed by atoms with Crippen LogP contribution in [0, 0.1) is 0 Å². The van der Waals surface area contributed by atoms with Crippen LogP contribution in [0.3, 0.4) is 0 Å². The largest absolute Gasteiger partial charge is 0.333 e. The first-order valence-electron chi connectivity index (χ1n) is 5.66. The highest BCUT2D eigenvalue weighted by Crippen LogP contribution is 2.05. The Morgan fingerprint density at radius 1 is 1.06 bits per heavy atom. The summed E-state index contributed by atoms with van der Waals surface area (Å²) in [6.45, 7) is 2.48. The standard InChI is InChI=1S/C10H17N3O3S/c1-2-3-6-17-7-4-5-13-9(15)11-8(14)12-10(13)16/h2-7H2,1H3,(H2,11,12,14,15,16). The molecule has 0 aliphatic rings. The lowest BCUT2D eigenvalue weighted by Gasteiger charge is -2.03. The maximum atomic E-state index is 11.3. The highest BCUT2D eigenvalue weighted by atomic mass is 32.2. The summed E-state index contributed by atoms with van der Waals surface area (Å²) in [5, 5.41) is 0. The van der Waals surface area contributed by atoms with Crippen LogP contribution in [0.4, 0.5) is 0 Å². The van der Waals surface area contributed by atoms with Gasteiger partial charge in [0.1, 0.15) is 0 Å². The number of nitrogens with one attached hydrogen (secondary N) is 2. The molecule has 0 aliphatic heterocycles. The van der Waals surface area contributed by atoms with E-state index in [0.717, 1.165) is 22.5 Å². The molecule has 0 bridgehead atoms. The van der Waals surface area contributed by atoms with Crippen molar-refractivity contribution in [1.29, 1.82) is 0 Å². The Kier molecular flexibility index (Phi) is 5.82. The van der Waals surface area contributed by atoms with Crippen molar-refractivity contribution in [3.63, 3.8) is 0 Å². The minimum Gasteiger partial charge on any atom is -0.259 e. The first-order valence-corrected chi connectivity index (χ1v) is 6.81. The molecule has 0 fully saturated rings. The van der Waals surface area contributed by atoms with E-state index in [1.807, 2.05) is 21.7 Å². The van der Waals surface area contributed by atoms with Gasteiger partial charge in [0.05, 0.1) is 0 Å². The molecular formula is C10H17N3O3S. The average Bonchev–Trinajstić information content (AvgIpc) is 2.26. The van der Waals surface area contributed by atoms with Crippen molar-refractivity contribution < 1.29 is 0 Å². The normalized spacial score (nSPS) is 10.6. The van der Waals surface area contributed by atoms with Gasteiger partial charge in [0.25, 0.3) is 0 Å². The van der Waals surface area contributed by atoms with E-state index >= 15 is 0 Å². The molecule has 7 heteroatoms. The number of hydrogen-bond donors (Lipinski definition) is 2. The Hall–Kier alpha value is -1.24. The Morgan fingerprint density at radius 3 is 2.24 bits per heavy atom. The maximum absolute atomic E-state index is 11.3. The molecule has 0 amide bonds. The molecule has 0 aliphatic carbocycles. The molecule has 1 aromatic rings. The fourth-order valence-corrected chi connectivity index (χ4v) is 2.36. The van der Waals surface area contributed by atoms with Crippen LogP contribution >= 0.6 is 11.8 Å². The van der Waals surface area contributed by atoms with Crippen molar-refractivity contribution in [2.24, 2.45) is 0 Å².